The number of benzene rings is 2. The number of urea groups is 1. The normalized spacial score (nSPS) is 14.6. The maximum atomic E-state index is 13.3. The van der Waals surface area contributed by atoms with Crippen molar-refractivity contribution in [3.05, 3.63) is 71.6 Å². The molecular weight excluding hydrogens is 429 g/mol. The van der Waals surface area contributed by atoms with Crippen LogP contribution in [0.2, 0.25) is 0 Å². The van der Waals surface area contributed by atoms with Crippen molar-refractivity contribution in [2.75, 3.05) is 18.1 Å². The summed E-state index contributed by atoms with van der Waals surface area (Å²) in [6.07, 6.45) is 3.33. The maximum absolute atomic E-state index is 13.3. The van der Waals surface area contributed by atoms with E-state index in [4.69, 9.17) is 14.7 Å². The Balaban J connectivity index is 2.07. The molecule has 33 heavy (non-hydrogen) atoms. The van der Waals surface area contributed by atoms with Gasteiger partial charge in [0.15, 0.2) is 18.1 Å². The van der Waals surface area contributed by atoms with E-state index in [1.807, 2.05) is 6.07 Å². The molecule has 168 valence electrons. The van der Waals surface area contributed by atoms with Crippen LogP contribution in [0.5, 0.6) is 11.5 Å². The molecule has 0 radical (unpaired) electrons. The van der Waals surface area contributed by atoms with E-state index in [1.165, 1.54) is 18.2 Å². The number of rotatable bonds is 8. The minimum atomic E-state index is -0.934. The number of ether oxygens (including phenoxy) is 2. The molecule has 0 bridgehead atoms. The molecule has 3 rings (SSSR count). The summed E-state index contributed by atoms with van der Waals surface area (Å²) in [5.74, 6) is -1.57. The van der Waals surface area contributed by atoms with Crippen molar-refractivity contribution in [3.8, 4) is 17.6 Å². The summed E-state index contributed by atoms with van der Waals surface area (Å²) in [4.78, 5) is 38.6. The first-order valence-electron chi connectivity index (χ1n) is 9.97. The first kappa shape index (κ1) is 23.2. The van der Waals surface area contributed by atoms with Crippen LogP contribution >= 0.6 is 0 Å². The zero-order valence-electron chi connectivity index (χ0n) is 17.8. The molecule has 1 N–H and O–H groups in total. The van der Waals surface area contributed by atoms with E-state index in [9.17, 15) is 18.8 Å². The fourth-order valence-corrected chi connectivity index (χ4v) is 3.25. The lowest BCUT2D eigenvalue weighted by molar-refractivity contribution is -0.122. The van der Waals surface area contributed by atoms with Gasteiger partial charge in [-0.1, -0.05) is 6.08 Å². The third-order valence-electron chi connectivity index (χ3n) is 4.60. The Morgan fingerprint density at radius 3 is 2.55 bits per heavy atom. The molecule has 1 saturated heterocycles. The van der Waals surface area contributed by atoms with E-state index in [2.05, 4.69) is 11.9 Å². The summed E-state index contributed by atoms with van der Waals surface area (Å²) in [6.45, 7) is 5.60. The SMILES string of the molecule is C=CCc1cc(/C=C2\C(=O)NC(=O)N(c3ccc(F)cc3)C2=O)cc(OCC)c1OCC#N. The smallest absolute Gasteiger partial charge is 0.335 e. The highest BCUT2D eigenvalue weighted by molar-refractivity contribution is 6.39. The van der Waals surface area contributed by atoms with Crippen LogP contribution in [0.25, 0.3) is 6.08 Å². The van der Waals surface area contributed by atoms with Gasteiger partial charge in [-0.2, -0.15) is 5.26 Å². The van der Waals surface area contributed by atoms with Gasteiger partial charge in [0.1, 0.15) is 17.5 Å². The predicted molar refractivity (Wildman–Crippen MR) is 118 cm³/mol. The highest BCUT2D eigenvalue weighted by atomic mass is 19.1. The monoisotopic (exact) mass is 449 g/mol. The topological polar surface area (TPSA) is 109 Å². The van der Waals surface area contributed by atoms with Gasteiger partial charge < -0.3 is 9.47 Å². The third-order valence-corrected chi connectivity index (χ3v) is 4.60. The molecule has 8 nitrogen and oxygen atoms in total. The molecule has 0 atom stereocenters. The second-order valence-electron chi connectivity index (χ2n) is 6.81. The summed E-state index contributed by atoms with van der Waals surface area (Å²) in [5.41, 5.74) is 0.885. The zero-order chi connectivity index (χ0) is 24.0. The molecule has 0 aromatic heterocycles. The molecule has 1 aliphatic heterocycles. The number of nitriles is 1. The Labute approximate surface area is 189 Å². The molecule has 9 heteroatoms. The molecule has 0 saturated carbocycles. The minimum absolute atomic E-state index is 0.111. The number of nitrogens with zero attached hydrogens (tertiary/aromatic N) is 2. The Kier molecular flexibility index (Phi) is 7.20. The fraction of sp³-hybridized carbons (Fsp3) is 0.167. The first-order chi connectivity index (χ1) is 15.9. The molecule has 0 spiro atoms. The Hall–Kier alpha value is -4.45. The van der Waals surface area contributed by atoms with Crippen molar-refractivity contribution >= 4 is 29.6 Å². The molecule has 1 aliphatic rings. The number of nitrogens with one attached hydrogen (secondary N) is 1. The number of carbonyl (C=O) groups is 3. The van der Waals surface area contributed by atoms with Gasteiger partial charge in [-0.15, -0.1) is 6.58 Å². The standard InChI is InChI=1S/C24H20FN3O5/c1-3-5-16-12-15(14-20(32-4-2)21(16)33-11-10-26)13-19-22(29)27-24(31)28(23(19)30)18-8-6-17(25)7-9-18/h3,6-9,12-14H,1,4-5,11H2,2H3,(H,27,29,31)/b19-13+. The number of barbiturate groups is 1. The van der Waals surface area contributed by atoms with E-state index < -0.39 is 23.7 Å². The van der Waals surface area contributed by atoms with Crippen molar-refractivity contribution < 1.29 is 28.2 Å². The number of carbonyl (C=O) groups excluding carboxylic acids is 3. The largest absolute Gasteiger partial charge is 0.490 e. The number of hydrogen-bond donors (Lipinski definition) is 1. The highest BCUT2D eigenvalue weighted by Crippen LogP contribution is 2.35. The van der Waals surface area contributed by atoms with Crippen molar-refractivity contribution in [2.24, 2.45) is 0 Å². The molecule has 2 aromatic rings. The van der Waals surface area contributed by atoms with Crippen LogP contribution in [0.1, 0.15) is 18.1 Å². The van der Waals surface area contributed by atoms with Gasteiger partial charge in [0.05, 0.1) is 12.3 Å². The molecule has 0 unspecified atom stereocenters. The van der Waals surface area contributed by atoms with Gasteiger partial charge in [0, 0.05) is 5.56 Å². The second-order valence-corrected chi connectivity index (χ2v) is 6.81. The Morgan fingerprint density at radius 2 is 1.91 bits per heavy atom. The van der Waals surface area contributed by atoms with Gasteiger partial charge in [-0.05, 0) is 61.4 Å². The number of amides is 4. The summed E-state index contributed by atoms with van der Waals surface area (Å²) in [5, 5.41) is 11.0. The van der Waals surface area contributed by atoms with E-state index >= 15 is 0 Å². The predicted octanol–water partition coefficient (Wildman–Crippen LogP) is 3.52. The van der Waals surface area contributed by atoms with E-state index in [1.54, 1.807) is 25.1 Å². The molecule has 2 aromatic carbocycles. The first-order valence-corrected chi connectivity index (χ1v) is 9.97. The van der Waals surface area contributed by atoms with E-state index in [0.29, 0.717) is 35.7 Å². The molecule has 1 fully saturated rings. The Bertz CT molecular complexity index is 1180. The average Bonchev–Trinajstić information content (AvgIpc) is 2.78. The van der Waals surface area contributed by atoms with Crippen molar-refractivity contribution in [2.45, 2.75) is 13.3 Å². The second kappa shape index (κ2) is 10.2. The molecule has 1 heterocycles. The highest BCUT2D eigenvalue weighted by Gasteiger charge is 2.36. The summed E-state index contributed by atoms with van der Waals surface area (Å²) in [7, 11) is 0. The fourth-order valence-electron chi connectivity index (χ4n) is 3.25. The van der Waals surface area contributed by atoms with E-state index in [-0.39, 0.29) is 17.9 Å². The quantitative estimate of drug-likeness (QED) is 0.375. The minimum Gasteiger partial charge on any atom is -0.490 e. The van der Waals surface area contributed by atoms with Gasteiger partial charge in [0.25, 0.3) is 11.8 Å². The van der Waals surface area contributed by atoms with Crippen LogP contribution in [0.4, 0.5) is 14.9 Å². The lowest BCUT2D eigenvalue weighted by atomic mass is 10.0. The van der Waals surface area contributed by atoms with Crippen molar-refractivity contribution in [1.82, 2.24) is 5.32 Å². The van der Waals surface area contributed by atoms with Crippen molar-refractivity contribution in [3.63, 3.8) is 0 Å². The average molecular weight is 449 g/mol. The number of allylic oxidation sites excluding steroid dienone is 1. The van der Waals surface area contributed by atoms with Crippen LogP contribution in [0.15, 0.2) is 54.6 Å². The summed E-state index contributed by atoms with van der Waals surface area (Å²) >= 11 is 0. The van der Waals surface area contributed by atoms with Gasteiger partial charge in [-0.25, -0.2) is 14.1 Å². The lowest BCUT2D eigenvalue weighted by Gasteiger charge is -2.26. The van der Waals surface area contributed by atoms with Crippen LogP contribution in [0, 0.1) is 17.1 Å². The molecule has 0 aliphatic carbocycles. The summed E-state index contributed by atoms with van der Waals surface area (Å²) in [6, 6.07) is 8.93. The van der Waals surface area contributed by atoms with Crippen molar-refractivity contribution in [1.29, 1.82) is 5.26 Å². The molecule has 4 amide bonds. The number of hydrogen-bond acceptors (Lipinski definition) is 6. The van der Waals surface area contributed by atoms with E-state index in [0.717, 1.165) is 17.0 Å². The number of imide groups is 2. The third kappa shape index (κ3) is 5.07. The lowest BCUT2D eigenvalue weighted by Crippen LogP contribution is -2.54. The maximum Gasteiger partial charge on any atom is 0.335 e. The number of anilines is 1. The summed E-state index contributed by atoms with van der Waals surface area (Å²) < 4.78 is 24.4. The van der Waals surface area contributed by atoms with Crippen LogP contribution in [0.3, 0.4) is 0 Å². The van der Waals surface area contributed by atoms with Crippen LogP contribution in [-0.4, -0.2) is 31.1 Å². The van der Waals surface area contributed by atoms with Crippen LogP contribution < -0.4 is 19.7 Å². The van der Waals surface area contributed by atoms with Crippen LogP contribution in [-0.2, 0) is 16.0 Å². The Morgan fingerprint density at radius 1 is 1.18 bits per heavy atom. The van der Waals surface area contributed by atoms with Gasteiger partial charge in [0.2, 0.25) is 0 Å². The number of halogens is 1. The van der Waals surface area contributed by atoms with Gasteiger partial charge >= 0.3 is 6.03 Å². The molecular formula is C24H20FN3O5. The zero-order valence-corrected chi connectivity index (χ0v) is 17.8. The van der Waals surface area contributed by atoms with Gasteiger partial charge in [-0.3, -0.25) is 14.9 Å².